The van der Waals surface area contributed by atoms with Gasteiger partial charge in [0, 0.05) is 19.3 Å². The van der Waals surface area contributed by atoms with Crippen LogP contribution in [0.15, 0.2) is 12.3 Å². The summed E-state index contributed by atoms with van der Waals surface area (Å²) in [4.78, 5) is 13.6. The van der Waals surface area contributed by atoms with E-state index in [4.69, 9.17) is 0 Å². The molecule has 1 aromatic rings. The van der Waals surface area contributed by atoms with Crippen molar-refractivity contribution in [2.24, 2.45) is 7.05 Å². The lowest BCUT2D eigenvalue weighted by molar-refractivity contribution is -0.126. The summed E-state index contributed by atoms with van der Waals surface area (Å²) < 4.78 is 1.79. The van der Waals surface area contributed by atoms with Crippen LogP contribution >= 0.6 is 0 Å². The van der Waals surface area contributed by atoms with E-state index < -0.39 is 0 Å². The maximum absolute atomic E-state index is 11.8. The Kier molecular flexibility index (Phi) is 2.95. The van der Waals surface area contributed by atoms with Crippen molar-refractivity contribution >= 4 is 5.91 Å². The molecule has 1 aliphatic rings. The van der Waals surface area contributed by atoms with E-state index in [9.17, 15) is 4.79 Å². The third kappa shape index (κ3) is 2.25. The Hall–Kier alpha value is -1.76. The van der Waals surface area contributed by atoms with Gasteiger partial charge >= 0.3 is 0 Å². The van der Waals surface area contributed by atoms with Crippen LogP contribution in [0.2, 0.25) is 0 Å². The first-order valence-corrected chi connectivity index (χ1v) is 5.42. The van der Waals surface area contributed by atoms with Gasteiger partial charge < -0.3 is 4.90 Å². The second-order valence-corrected chi connectivity index (χ2v) is 3.99. The van der Waals surface area contributed by atoms with Gasteiger partial charge in [-0.2, -0.15) is 5.10 Å². The maximum Gasteiger partial charge on any atom is 0.299 e. The maximum atomic E-state index is 11.8. The summed E-state index contributed by atoms with van der Waals surface area (Å²) in [7, 11) is 1.89. The Morgan fingerprint density at radius 1 is 1.69 bits per heavy atom. The lowest BCUT2D eigenvalue weighted by Crippen LogP contribution is -2.32. The third-order valence-electron chi connectivity index (χ3n) is 2.74. The number of amides is 1. The highest BCUT2D eigenvalue weighted by atomic mass is 16.2. The molecule has 0 bridgehead atoms. The number of nitrogens with zero attached hydrogens (tertiary/aromatic N) is 3. The number of aromatic nitrogens is 2. The molecule has 0 spiro atoms. The van der Waals surface area contributed by atoms with Crippen LogP contribution in [-0.4, -0.2) is 26.6 Å². The zero-order valence-electron chi connectivity index (χ0n) is 9.60. The minimum absolute atomic E-state index is 0.0776. The van der Waals surface area contributed by atoms with Crippen LogP contribution in [0, 0.1) is 11.8 Å². The lowest BCUT2D eigenvalue weighted by atomic mass is 10.3. The van der Waals surface area contributed by atoms with Crippen molar-refractivity contribution in [3.8, 4) is 11.8 Å². The highest BCUT2D eigenvalue weighted by molar-refractivity contribution is 5.93. The van der Waals surface area contributed by atoms with Crippen molar-refractivity contribution in [1.29, 1.82) is 0 Å². The molecule has 1 amide bonds. The monoisotopic (exact) mass is 217 g/mol. The molecule has 0 atom stereocenters. The number of hydrogen-bond acceptors (Lipinski definition) is 2. The first kappa shape index (κ1) is 10.7. The van der Waals surface area contributed by atoms with Gasteiger partial charge in [0.2, 0.25) is 0 Å². The number of aryl methyl sites for hydroxylation is 1. The number of carbonyl (C=O) groups is 1. The molecule has 0 saturated heterocycles. The van der Waals surface area contributed by atoms with E-state index in [0.717, 1.165) is 18.5 Å². The van der Waals surface area contributed by atoms with Gasteiger partial charge in [-0.25, -0.2) is 0 Å². The molecule has 1 fully saturated rings. The van der Waals surface area contributed by atoms with E-state index in [0.29, 0.717) is 12.6 Å². The molecule has 4 heteroatoms. The Balaban J connectivity index is 2.11. The molecule has 2 rings (SSSR count). The highest BCUT2D eigenvalue weighted by Crippen LogP contribution is 2.28. The average Bonchev–Trinajstić information content (AvgIpc) is 3.00. The summed E-state index contributed by atoms with van der Waals surface area (Å²) in [6.07, 6.45) is 3.93. The fourth-order valence-corrected chi connectivity index (χ4v) is 1.66. The van der Waals surface area contributed by atoms with E-state index >= 15 is 0 Å². The van der Waals surface area contributed by atoms with E-state index in [-0.39, 0.29) is 5.91 Å². The van der Waals surface area contributed by atoms with Crippen LogP contribution in [-0.2, 0) is 18.4 Å². The summed E-state index contributed by atoms with van der Waals surface area (Å²) in [5.41, 5.74) is 1.04. The molecule has 0 N–H and O–H groups in total. The predicted molar refractivity (Wildman–Crippen MR) is 60.2 cm³/mol. The molecule has 1 saturated carbocycles. The highest BCUT2D eigenvalue weighted by Gasteiger charge is 2.32. The molecule has 1 heterocycles. The van der Waals surface area contributed by atoms with Gasteiger partial charge in [-0.05, 0) is 31.8 Å². The lowest BCUT2D eigenvalue weighted by Gasteiger charge is -2.19. The average molecular weight is 217 g/mol. The van der Waals surface area contributed by atoms with Crippen LogP contribution < -0.4 is 0 Å². The Morgan fingerprint density at radius 3 is 2.94 bits per heavy atom. The molecule has 1 aliphatic carbocycles. The summed E-state index contributed by atoms with van der Waals surface area (Å²) in [5, 5.41) is 4.10. The zero-order valence-corrected chi connectivity index (χ0v) is 9.60. The van der Waals surface area contributed by atoms with Crippen LogP contribution in [0.3, 0.4) is 0 Å². The molecule has 4 nitrogen and oxygen atoms in total. The Labute approximate surface area is 95.2 Å². The molecule has 16 heavy (non-hydrogen) atoms. The normalized spacial score (nSPS) is 14.1. The van der Waals surface area contributed by atoms with Crippen LogP contribution in [0.4, 0.5) is 0 Å². The van der Waals surface area contributed by atoms with Crippen molar-refractivity contribution in [2.45, 2.75) is 32.4 Å². The summed E-state index contributed by atoms with van der Waals surface area (Å²) in [5.74, 6) is 5.19. The van der Waals surface area contributed by atoms with Crippen LogP contribution in [0.25, 0.3) is 0 Å². The molecule has 0 radical (unpaired) electrons. The molecule has 0 aromatic carbocycles. The first-order chi connectivity index (χ1) is 7.72. The first-order valence-electron chi connectivity index (χ1n) is 5.42. The standard InChI is InChI=1S/C12H15N3O/c1-3-4-12(16)15(10-5-6-10)9-11-7-8-13-14(11)2/h7-8,10H,5-6,9H2,1-2H3. The molecular weight excluding hydrogens is 202 g/mol. The van der Waals surface area contributed by atoms with Gasteiger partial charge in [-0.1, -0.05) is 5.92 Å². The SMILES string of the molecule is CC#CC(=O)N(Cc1ccnn1C)C1CC1. The van der Waals surface area contributed by atoms with E-state index in [2.05, 4.69) is 16.9 Å². The van der Waals surface area contributed by atoms with Gasteiger partial charge in [-0.15, -0.1) is 0 Å². The van der Waals surface area contributed by atoms with Crippen molar-refractivity contribution < 1.29 is 4.79 Å². The fourth-order valence-electron chi connectivity index (χ4n) is 1.66. The minimum atomic E-state index is -0.0776. The number of carbonyl (C=O) groups excluding carboxylic acids is 1. The van der Waals surface area contributed by atoms with Crippen molar-refractivity contribution in [3.63, 3.8) is 0 Å². The summed E-state index contributed by atoms with van der Waals surface area (Å²) in [6, 6.07) is 2.31. The van der Waals surface area contributed by atoms with E-state index in [1.165, 1.54) is 0 Å². The van der Waals surface area contributed by atoms with Crippen molar-refractivity contribution in [2.75, 3.05) is 0 Å². The van der Waals surface area contributed by atoms with Crippen molar-refractivity contribution in [3.05, 3.63) is 18.0 Å². The largest absolute Gasteiger partial charge is 0.323 e. The smallest absolute Gasteiger partial charge is 0.299 e. The van der Waals surface area contributed by atoms with Gasteiger partial charge in [0.15, 0.2) is 0 Å². The zero-order chi connectivity index (χ0) is 11.5. The summed E-state index contributed by atoms with van der Waals surface area (Å²) >= 11 is 0. The van der Waals surface area contributed by atoms with Crippen LogP contribution in [0.5, 0.6) is 0 Å². The predicted octanol–water partition coefficient (Wildman–Crippen LogP) is 0.934. The molecular formula is C12H15N3O. The van der Waals surface area contributed by atoms with Crippen LogP contribution in [0.1, 0.15) is 25.5 Å². The van der Waals surface area contributed by atoms with Gasteiger partial charge in [0.25, 0.3) is 5.91 Å². The van der Waals surface area contributed by atoms with E-state index in [1.54, 1.807) is 17.8 Å². The topological polar surface area (TPSA) is 38.1 Å². The van der Waals surface area contributed by atoms with Gasteiger partial charge in [0.05, 0.1) is 12.2 Å². The molecule has 84 valence electrons. The quantitative estimate of drug-likeness (QED) is 0.706. The van der Waals surface area contributed by atoms with Gasteiger partial charge in [0.1, 0.15) is 0 Å². The van der Waals surface area contributed by atoms with Gasteiger partial charge in [-0.3, -0.25) is 9.48 Å². The van der Waals surface area contributed by atoms with E-state index in [1.807, 2.05) is 18.0 Å². The number of rotatable bonds is 3. The Bertz CT molecular complexity index is 448. The summed E-state index contributed by atoms with van der Waals surface area (Å²) in [6.45, 7) is 2.29. The Morgan fingerprint density at radius 2 is 2.44 bits per heavy atom. The molecule has 0 aliphatic heterocycles. The number of hydrogen-bond donors (Lipinski definition) is 0. The fraction of sp³-hybridized carbons (Fsp3) is 0.500. The second kappa shape index (κ2) is 4.40. The molecule has 1 aromatic heterocycles. The third-order valence-corrected chi connectivity index (χ3v) is 2.74. The second-order valence-electron chi connectivity index (χ2n) is 3.99. The van der Waals surface area contributed by atoms with Crippen molar-refractivity contribution in [1.82, 2.24) is 14.7 Å². The molecule has 0 unspecified atom stereocenters. The minimum Gasteiger partial charge on any atom is -0.323 e.